The van der Waals surface area contributed by atoms with E-state index in [1.54, 1.807) is 0 Å². The summed E-state index contributed by atoms with van der Waals surface area (Å²) in [7, 11) is -0.777. The quantitative estimate of drug-likeness (QED) is 0.854. The van der Waals surface area contributed by atoms with Crippen LogP contribution < -0.4 is 0 Å². The highest BCUT2D eigenvalue weighted by atomic mass is 79.9. The maximum absolute atomic E-state index is 12.4. The van der Waals surface area contributed by atoms with E-state index in [1.807, 2.05) is 28.9 Å². The van der Waals surface area contributed by atoms with Crippen molar-refractivity contribution in [3.05, 3.63) is 34.7 Å². The Labute approximate surface area is 124 Å². The molecule has 3 nitrogen and oxygen atoms in total. The predicted molar refractivity (Wildman–Crippen MR) is 81.6 cm³/mol. The average Bonchev–Trinajstić information content (AvgIpc) is 2.81. The third kappa shape index (κ3) is 3.08. The summed E-state index contributed by atoms with van der Waals surface area (Å²) >= 11 is 3.45. The van der Waals surface area contributed by atoms with E-state index in [2.05, 4.69) is 20.9 Å². The van der Waals surface area contributed by atoms with Crippen molar-refractivity contribution >= 4 is 32.4 Å². The Morgan fingerprint density at radius 3 is 2.84 bits per heavy atom. The molecule has 1 aliphatic carbocycles. The van der Waals surface area contributed by atoms with Crippen molar-refractivity contribution in [1.29, 1.82) is 0 Å². The van der Waals surface area contributed by atoms with Crippen molar-refractivity contribution < 1.29 is 4.21 Å². The number of rotatable bonds is 3. The molecule has 0 N–H and O–H groups in total. The van der Waals surface area contributed by atoms with Crippen molar-refractivity contribution in [3.63, 3.8) is 0 Å². The van der Waals surface area contributed by atoms with Gasteiger partial charge < -0.3 is 4.40 Å². The normalized spacial score (nSPS) is 18.8. The summed E-state index contributed by atoms with van der Waals surface area (Å²) in [4.78, 5) is 4.54. The number of pyridine rings is 1. The van der Waals surface area contributed by atoms with Crippen molar-refractivity contribution in [3.8, 4) is 0 Å². The fourth-order valence-electron chi connectivity index (χ4n) is 2.68. The maximum Gasteiger partial charge on any atom is 0.137 e. The molecule has 0 aliphatic heterocycles. The monoisotopic (exact) mass is 340 g/mol. The fraction of sp³-hybridized carbons (Fsp3) is 0.500. The molecule has 2 aromatic heterocycles. The van der Waals surface area contributed by atoms with E-state index in [1.165, 1.54) is 19.3 Å². The molecule has 0 radical (unpaired) electrons. The number of hydrogen-bond donors (Lipinski definition) is 0. The first-order valence-electron chi connectivity index (χ1n) is 6.73. The molecular formula is C14H17BrN2OS. The lowest BCUT2D eigenvalue weighted by molar-refractivity contribution is 0.504. The molecule has 1 aliphatic rings. The smallest absolute Gasteiger partial charge is 0.137 e. The van der Waals surface area contributed by atoms with E-state index in [-0.39, 0.29) is 0 Å². The largest absolute Gasteiger partial charge is 0.306 e. The number of halogens is 1. The zero-order chi connectivity index (χ0) is 13.2. The SMILES string of the molecule is O=S(Cc1cn2cc(Br)ccc2n1)C1CCCCC1. The van der Waals surface area contributed by atoms with Gasteiger partial charge in [0.15, 0.2) is 0 Å². The molecule has 1 saturated carbocycles. The summed E-state index contributed by atoms with van der Waals surface area (Å²) in [5, 5.41) is 0.380. The third-order valence-electron chi connectivity index (χ3n) is 3.68. The van der Waals surface area contributed by atoms with Gasteiger partial charge in [0.1, 0.15) is 5.65 Å². The van der Waals surface area contributed by atoms with Crippen LogP contribution in [0.5, 0.6) is 0 Å². The number of nitrogens with zero attached hydrogens (tertiary/aromatic N) is 2. The molecule has 19 heavy (non-hydrogen) atoms. The minimum atomic E-state index is -0.777. The summed E-state index contributed by atoms with van der Waals surface area (Å²) in [5.41, 5.74) is 1.85. The molecule has 0 spiro atoms. The first-order valence-corrected chi connectivity index (χ1v) is 8.90. The van der Waals surface area contributed by atoms with Crippen molar-refractivity contribution in [1.82, 2.24) is 9.38 Å². The molecule has 1 fully saturated rings. The summed E-state index contributed by atoms with van der Waals surface area (Å²) in [6, 6.07) is 3.95. The number of hydrogen-bond acceptors (Lipinski definition) is 2. The number of imidazole rings is 1. The Kier molecular flexibility index (Phi) is 4.03. The first-order chi connectivity index (χ1) is 9.22. The minimum absolute atomic E-state index is 0.380. The van der Waals surface area contributed by atoms with Crippen LogP contribution >= 0.6 is 15.9 Å². The van der Waals surface area contributed by atoms with Crippen LogP contribution in [-0.2, 0) is 16.6 Å². The zero-order valence-corrected chi connectivity index (χ0v) is 13.1. The highest BCUT2D eigenvalue weighted by Crippen LogP contribution is 2.24. The van der Waals surface area contributed by atoms with Gasteiger partial charge in [-0.1, -0.05) is 19.3 Å². The zero-order valence-electron chi connectivity index (χ0n) is 10.7. The van der Waals surface area contributed by atoms with Crippen LogP contribution in [-0.4, -0.2) is 18.8 Å². The van der Waals surface area contributed by atoms with Crippen LogP contribution in [0.25, 0.3) is 5.65 Å². The average molecular weight is 341 g/mol. The fourth-order valence-corrected chi connectivity index (χ4v) is 4.56. The van der Waals surface area contributed by atoms with E-state index in [4.69, 9.17) is 0 Å². The van der Waals surface area contributed by atoms with Gasteiger partial charge in [-0.05, 0) is 40.9 Å². The Balaban J connectivity index is 1.75. The number of fused-ring (bicyclic) bond motifs is 1. The molecule has 5 heteroatoms. The molecule has 2 heterocycles. The van der Waals surface area contributed by atoms with Crippen LogP contribution in [0, 0.1) is 0 Å². The highest BCUT2D eigenvalue weighted by molar-refractivity contribution is 9.10. The summed E-state index contributed by atoms with van der Waals surface area (Å²) in [5.74, 6) is 0.587. The lowest BCUT2D eigenvalue weighted by Crippen LogP contribution is -2.19. The minimum Gasteiger partial charge on any atom is -0.306 e. The second kappa shape index (κ2) is 5.75. The molecule has 0 saturated heterocycles. The molecule has 0 bridgehead atoms. The van der Waals surface area contributed by atoms with E-state index in [0.717, 1.165) is 28.7 Å². The Morgan fingerprint density at radius 2 is 2.05 bits per heavy atom. The van der Waals surface area contributed by atoms with Crippen LogP contribution in [0.15, 0.2) is 29.0 Å². The van der Waals surface area contributed by atoms with Crippen LogP contribution in [0.3, 0.4) is 0 Å². The van der Waals surface area contributed by atoms with Crippen molar-refractivity contribution in [2.24, 2.45) is 0 Å². The number of aromatic nitrogens is 2. The van der Waals surface area contributed by atoms with Crippen LogP contribution in [0.4, 0.5) is 0 Å². The summed E-state index contributed by atoms with van der Waals surface area (Å²) in [6.45, 7) is 0. The lowest BCUT2D eigenvalue weighted by Gasteiger charge is -2.20. The second-order valence-electron chi connectivity index (χ2n) is 5.13. The van der Waals surface area contributed by atoms with Gasteiger partial charge >= 0.3 is 0 Å². The van der Waals surface area contributed by atoms with Crippen LogP contribution in [0.1, 0.15) is 37.8 Å². The maximum atomic E-state index is 12.4. The van der Waals surface area contributed by atoms with E-state index < -0.39 is 10.8 Å². The predicted octanol–water partition coefficient (Wildman–Crippen LogP) is 3.68. The van der Waals surface area contributed by atoms with E-state index in [9.17, 15) is 4.21 Å². The second-order valence-corrected chi connectivity index (χ2v) is 7.76. The molecule has 102 valence electrons. The highest BCUT2D eigenvalue weighted by Gasteiger charge is 2.20. The van der Waals surface area contributed by atoms with Gasteiger partial charge in [-0.3, -0.25) is 4.21 Å². The summed E-state index contributed by atoms with van der Waals surface area (Å²) in [6.07, 6.45) is 9.96. The Hall–Kier alpha value is -0.680. The Morgan fingerprint density at radius 1 is 1.26 bits per heavy atom. The lowest BCUT2D eigenvalue weighted by atomic mass is 10.0. The molecule has 2 aromatic rings. The van der Waals surface area contributed by atoms with Gasteiger partial charge in [0.05, 0.1) is 11.4 Å². The standard InChI is InChI=1S/C14H17BrN2OS/c15-11-6-7-14-16-12(9-17(14)8-11)10-19(18)13-4-2-1-3-5-13/h6-9,13H,1-5,10H2. The van der Waals surface area contributed by atoms with E-state index >= 15 is 0 Å². The molecular weight excluding hydrogens is 324 g/mol. The van der Waals surface area contributed by atoms with Gasteiger partial charge in [-0.25, -0.2) is 4.98 Å². The van der Waals surface area contributed by atoms with Gasteiger partial charge in [0, 0.05) is 32.9 Å². The van der Waals surface area contributed by atoms with Crippen molar-refractivity contribution in [2.75, 3.05) is 0 Å². The molecule has 0 amide bonds. The molecule has 1 atom stereocenters. The van der Waals surface area contributed by atoms with Gasteiger partial charge in [-0.15, -0.1) is 0 Å². The first kappa shape index (κ1) is 13.3. The van der Waals surface area contributed by atoms with Gasteiger partial charge in [0.2, 0.25) is 0 Å². The van der Waals surface area contributed by atoms with Crippen molar-refractivity contribution in [2.45, 2.75) is 43.1 Å². The molecule has 0 aromatic carbocycles. The van der Waals surface area contributed by atoms with E-state index in [0.29, 0.717) is 11.0 Å². The van der Waals surface area contributed by atoms with Gasteiger partial charge in [0.25, 0.3) is 0 Å². The molecule has 1 unspecified atom stereocenters. The summed E-state index contributed by atoms with van der Waals surface area (Å²) < 4.78 is 15.4. The van der Waals surface area contributed by atoms with Gasteiger partial charge in [-0.2, -0.15) is 0 Å². The topological polar surface area (TPSA) is 34.4 Å². The third-order valence-corrected chi connectivity index (χ3v) is 5.94. The van der Waals surface area contributed by atoms with Crippen LogP contribution in [0.2, 0.25) is 0 Å². The molecule has 3 rings (SSSR count). The Bertz CT molecular complexity index is 605.